The zero-order valence-electron chi connectivity index (χ0n) is 7.63. The molecule has 1 N–H and O–H groups in total. The van der Waals surface area contributed by atoms with Gasteiger partial charge in [-0.05, 0) is 12.1 Å². The second kappa shape index (κ2) is 4.28. The third-order valence-corrected chi connectivity index (χ3v) is 1.92. The Morgan fingerprint density at radius 3 is 2.64 bits per heavy atom. The van der Waals surface area contributed by atoms with Crippen LogP contribution in [0.1, 0.15) is 17.3 Å². The summed E-state index contributed by atoms with van der Waals surface area (Å²) < 4.78 is 25.5. The molecular formula is C10H10F2O2. The number of rotatable bonds is 3. The van der Waals surface area contributed by atoms with E-state index in [0.717, 1.165) is 12.1 Å². The summed E-state index contributed by atoms with van der Waals surface area (Å²) in [4.78, 5) is 11.4. The molecule has 2 nitrogen and oxygen atoms in total. The first-order valence-corrected chi connectivity index (χ1v) is 4.16. The van der Waals surface area contributed by atoms with E-state index in [1.807, 2.05) is 0 Å². The number of hydrogen-bond donors (Lipinski definition) is 1. The number of halogens is 2. The van der Waals surface area contributed by atoms with Gasteiger partial charge in [0.15, 0.2) is 5.78 Å². The van der Waals surface area contributed by atoms with E-state index in [0.29, 0.717) is 6.07 Å². The number of carbonyl (C=O) groups is 1. The fourth-order valence-corrected chi connectivity index (χ4v) is 1.04. The maximum Gasteiger partial charge on any atom is 0.170 e. The lowest BCUT2D eigenvalue weighted by Crippen LogP contribution is -2.16. The largest absolute Gasteiger partial charge is 0.396 e. The highest BCUT2D eigenvalue weighted by Gasteiger charge is 2.18. The summed E-state index contributed by atoms with van der Waals surface area (Å²) in [6.45, 7) is 1.13. The Kier molecular flexibility index (Phi) is 3.30. The van der Waals surface area contributed by atoms with Crippen molar-refractivity contribution in [2.45, 2.75) is 6.92 Å². The zero-order valence-corrected chi connectivity index (χ0v) is 7.63. The van der Waals surface area contributed by atoms with E-state index in [2.05, 4.69) is 0 Å². The monoisotopic (exact) mass is 200 g/mol. The number of aliphatic hydroxyl groups excluding tert-OH is 1. The summed E-state index contributed by atoms with van der Waals surface area (Å²) in [6.07, 6.45) is 0. The fraction of sp³-hybridized carbons (Fsp3) is 0.300. The lowest BCUT2D eigenvalue weighted by molar-refractivity contribution is 0.0873. The highest BCUT2D eigenvalue weighted by Crippen LogP contribution is 2.14. The minimum absolute atomic E-state index is 0.187. The first-order valence-electron chi connectivity index (χ1n) is 4.16. The molecule has 0 aliphatic carbocycles. The van der Waals surface area contributed by atoms with Gasteiger partial charge in [0.1, 0.15) is 11.6 Å². The van der Waals surface area contributed by atoms with E-state index < -0.39 is 23.3 Å². The van der Waals surface area contributed by atoms with Crippen molar-refractivity contribution >= 4 is 5.78 Å². The van der Waals surface area contributed by atoms with E-state index >= 15 is 0 Å². The first kappa shape index (κ1) is 10.8. The minimum Gasteiger partial charge on any atom is -0.396 e. The minimum atomic E-state index is -0.893. The molecule has 0 fully saturated rings. The van der Waals surface area contributed by atoms with Crippen LogP contribution in [0, 0.1) is 17.6 Å². The fourth-order valence-electron chi connectivity index (χ4n) is 1.04. The van der Waals surface area contributed by atoms with E-state index in [1.165, 1.54) is 6.92 Å². The third kappa shape index (κ3) is 2.14. The predicted octanol–water partition coefficient (Wildman–Crippen LogP) is 1.78. The molecule has 14 heavy (non-hydrogen) atoms. The second-order valence-corrected chi connectivity index (χ2v) is 3.07. The molecule has 1 aromatic rings. The lowest BCUT2D eigenvalue weighted by atomic mass is 10.00. The van der Waals surface area contributed by atoms with Crippen molar-refractivity contribution in [2.24, 2.45) is 5.92 Å². The van der Waals surface area contributed by atoms with Crippen LogP contribution < -0.4 is 0 Å². The predicted molar refractivity (Wildman–Crippen MR) is 46.9 cm³/mol. The van der Waals surface area contributed by atoms with Crippen molar-refractivity contribution in [3.8, 4) is 0 Å². The Hall–Kier alpha value is -1.29. The topological polar surface area (TPSA) is 37.3 Å². The van der Waals surface area contributed by atoms with Crippen LogP contribution in [-0.4, -0.2) is 17.5 Å². The van der Waals surface area contributed by atoms with Gasteiger partial charge in [-0.25, -0.2) is 8.78 Å². The molecule has 0 radical (unpaired) electrons. The molecule has 0 aliphatic rings. The van der Waals surface area contributed by atoms with E-state index in [-0.39, 0.29) is 12.2 Å². The molecule has 0 saturated carbocycles. The average molecular weight is 200 g/mol. The maximum absolute atomic E-state index is 13.1. The molecule has 0 saturated heterocycles. The molecule has 1 aromatic carbocycles. The Morgan fingerprint density at radius 1 is 1.50 bits per heavy atom. The van der Waals surface area contributed by atoms with Gasteiger partial charge in [0.05, 0.1) is 12.2 Å². The van der Waals surface area contributed by atoms with Crippen molar-refractivity contribution in [3.05, 3.63) is 35.4 Å². The SMILES string of the molecule is C[C@@H](CO)C(=O)c1ccc(F)cc1F. The molecular weight excluding hydrogens is 190 g/mol. The van der Waals surface area contributed by atoms with Crippen molar-refractivity contribution in [1.82, 2.24) is 0 Å². The summed E-state index contributed by atoms with van der Waals surface area (Å²) >= 11 is 0. The van der Waals surface area contributed by atoms with Crippen LogP contribution >= 0.6 is 0 Å². The van der Waals surface area contributed by atoms with Crippen LogP contribution in [0.4, 0.5) is 8.78 Å². The molecule has 4 heteroatoms. The van der Waals surface area contributed by atoms with Crippen LogP contribution in [0.2, 0.25) is 0 Å². The van der Waals surface area contributed by atoms with Gasteiger partial charge in [0.25, 0.3) is 0 Å². The molecule has 0 aliphatic heterocycles. The Labute approximate surface area is 80.2 Å². The molecule has 0 heterocycles. The van der Waals surface area contributed by atoms with Gasteiger partial charge < -0.3 is 5.11 Å². The maximum atomic E-state index is 13.1. The van der Waals surface area contributed by atoms with Crippen LogP contribution in [-0.2, 0) is 0 Å². The standard InChI is InChI=1S/C10H10F2O2/c1-6(5-13)10(14)8-3-2-7(11)4-9(8)12/h2-4,6,13H,5H2,1H3/t6-/m0/s1. The highest BCUT2D eigenvalue weighted by atomic mass is 19.1. The van der Waals surface area contributed by atoms with Crippen molar-refractivity contribution in [2.75, 3.05) is 6.61 Å². The molecule has 0 bridgehead atoms. The second-order valence-electron chi connectivity index (χ2n) is 3.07. The molecule has 0 amide bonds. The number of aliphatic hydroxyl groups is 1. The number of ketones is 1. The molecule has 76 valence electrons. The van der Waals surface area contributed by atoms with Gasteiger partial charge in [0, 0.05) is 12.0 Å². The number of hydrogen-bond acceptors (Lipinski definition) is 2. The summed E-state index contributed by atoms with van der Waals surface area (Å²) in [5, 5.41) is 8.69. The van der Waals surface area contributed by atoms with Crippen LogP contribution in [0.25, 0.3) is 0 Å². The quantitative estimate of drug-likeness (QED) is 0.755. The molecule has 0 spiro atoms. The highest BCUT2D eigenvalue weighted by molar-refractivity contribution is 5.97. The van der Waals surface area contributed by atoms with Gasteiger partial charge >= 0.3 is 0 Å². The summed E-state index contributed by atoms with van der Waals surface area (Å²) in [7, 11) is 0. The van der Waals surface area contributed by atoms with Gasteiger partial charge in [0.2, 0.25) is 0 Å². The zero-order chi connectivity index (χ0) is 10.7. The van der Waals surface area contributed by atoms with Crippen molar-refractivity contribution in [1.29, 1.82) is 0 Å². The first-order chi connectivity index (χ1) is 6.56. The summed E-state index contributed by atoms with van der Waals surface area (Å²) in [6, 6.07) is 2.75. The smallest absolute Gasteiger partial charge is 0.170 e. The average Bonchev–Trinajstić information content (AvgIpc) is 2.15. The van der Waals surface area contributed by atoms with Crippen LogP contribution in [0.5, 0.6) is 0 Å². The number of benzene rings is 1. The summed E-state index contributed by atoms with van der Waals surface area (Å²) in [5.74, 6) is -2.81. The lowest BCUT2D eigenvalue weighted by Gasteiger charge is -2.07. The number of Topliss-reactive ketones (excluding diaryl/α,β-unsaturated/α-hetero) is 1. The molecule has 1 atom stereocenters. The summed E-state index contributed by atoms with van der Waals surface area (Å²) in [5.41, 5.74) is -0.187. The number of carbonyl (C=O) groups excluding carboxylic acids is 1. The van der Waals surface area contributed by atoms with Gasteiger partial charge in [-0.1, -0.05) is 6.92 Å². The van der Waals surface area contributed by atoms with E-state index in [9.17, 15) is 13.6 Å². The van der Waals surface area contributed by atoms with Gasteiger partial charge in [-0.15, -0.1) is 0 Å². The Bertz CT molecular complexity index is 350. The normalized spacial score (nSPS) is 12.6. The van der Waals surface area contributed by atoms with Crippen molar-refractivity contribution in [3.63, 3.8) is 0 Å². The molecule has 1 rings (SSSR count). The third-order valence-electron chi connectivity index (χ3n) is 1.92. The van der Waals surface area contributed by atoms with Gasteiger partial charge in [-0.2, -0.15) is 0 Å². The van der Waals surface area contributed by atoms with Crippen LogP contribution in [0.3, 0.4) is 0 Å². The molecule has 0 unspecified atom stereocenters. The van der Waals surface area contributed by atoms with E-state index in [4.69, 9.17) is 5.11 Å². The molecule has 0 aromatic heterocycles. The van der Waals surface area contributed by atoms with Crippen molar-refractivity contribution < 1.29 is 18.7 Å². The van der Waals surface area contributed by atoms with E-state index in [1.54, 1.807) is 0 Å². The Morgan fingerprint density at radius 2 is 2.14 bits per heavy atom. The van der Waals surface area contributed by atoms with Crippen LogP contribution in [0.15, 0.2) is 18.2 Å². The van der Waals surface area contributed by atoms with Gasteiger partial charge in [-0.3, -0.25) is 4.79 Å². The Balaban J connectivity index is 3.02.